The first-order chi connectivity index (χ1) is 10.3. The molecule has 2 aliphatic heterocycles. The van der Waals surface area contributed by atoms with Crippen LogP contribution in [0.1, 0.15) is 35.2 Å². The highest BCUT2D eigenvalue weighted by molar-refractivity contribution is 5.95. The number of carbonyl (C=O) groups is 1. The second-order valence-electron chi connectivity index (χ2n) is 6.05. The molecule has 0 aromatic heterocycles. The number of likely N-dealkylation sites (tertiary alicyclic amines) is 2. The first kappa shape index (κ1) is 14.5. The van der Waals surface area contributed by atoms with Crippen LogP contribution in [-0.2, 0) is 6.54 Å². The Bertz CT molecular complexity index is 499. The lowest BCUT2D eigenvalue weighted by Crippen LogP contribution is -2.35. The molecule has 1 aromatic carbocycles. The average Bonchev–Trinajstić information content (AvgIpc) is 3.18. The van der Waals surface area contributed by atoms with Crippen molar-refractivity contribution in [1.82, 2.24) is 15.2 Å². The summed E-state index contributed by atoms with van der Waals surface area (Å²) in [4.78, 5) is 16.9. The molecule has 0 saturated carbocycles. The van der Waals surface area contributed by atoms with Gasteiger partial charge in [-0.05, 0) is 44.0 Å². The summed E-state index contributed by atoms with van der Waals surface area (Å²) in [6.07, 6.45) is 3.93. The van der Waals surface area contributed by atoms with Gasteiger partial charge in [0.15, 0.2) is 0 Å². The summed E-state index contributed by atoms with van der Waals surface area (Å²) in [6, 6.07) is 8.42. The lowest BCUT2D eigenvalue weighted by molar-refractivity contribution is 0.0951. The van der Waals surface area contributed by atoms with Gasteiger partial charge >= 0.3 is 0 Å². The molecule has 2 fully saturated rings. The van der Waals surface area contributed by atoms with Gasteiger partial charge in [-0.3, -0.25) is 20.0 Å². The predicted octanol–water partition coefficient (Wildman–Crippen LogP) is 0.960. The standard InChI is InChI=1S/C16H24N4O/c17-18-16(21)15-6-2-1-5-13(15)11-19-10-7-14(12-19)20-8-3-4-9-20/h1-2,5-6,14H,3-4,7-12,17H2,(H,18,21). The second kappa shape index (κ2) is 6.56. The van der Waals surface area contributed by atoms with Crippen molar-refractivity contribution in [1.29, 1.82) is 0 Å². The van der Waals surface area contributed by atoms with Gasteiger partial charge in [-0.15, -0.1) is 0 Å². The van der Waals surface area contributed by atoms with Gasteiger partial charge in [0.05, 0.1) is 0 Å². The zero-order valence-electron chi connectivity index (χ0n) is 12.4. The summed E-state index contributed by atoms with van der Waals surface area (Å²) in [5.41, 5.74) is 3.98. The quantitative estimate of drug-likeness (QED) is 0.492. The van der Waals surface area contributed by atoms with E-state index in [0.717, 1.165) is 25.2 Å². The fraction of sp³-hybridized carbons (Fsp3) is 0.562. The molecule has 1 amide bonds. The van der Waals surface area contributed by atoms with Crippen LogP contribution in [0.2, 0.25) is 0 Å². The van der Waals surface area contributed by atoms with Gasteiger partial charge < -0.3 is 0 Å². The molecule has 0 aliphatic carbocycles. The average molecular weight is 288 g/mol. The number of nitrogens with zero attached hydrogens (tertiary/aromatic N) is 2. The first-order valence-corrected chi connectivity index (χ1v) is 7.83. The third-order valence-corrected chi connectivity index (χ3v) is 4.69. The van der Waals surface area contributed by atoms with Crippen LogP contribution in [0.3, 0.4) is 0 Å². The van der Waals surface area contributed by atoms with Crippen LogP contribution >= 0.6 is 0 Å². The lowest BCUT2D eigenvalue weighted by Gasteiger charge is -2.24. The number of amides is 1. The third-order valence-electron chi connectivity index (χ3n) is 4.69. The van der Waals surface area contributed by atoms with E-state index in [1.807, 2.05) is 24.3 Å². The number of nitrogens with one attached hydrogen (secondary N) is 1. The fourth-order valence-electron chi connectivity index (χ4n) is 3.56. The van der Waals surface area contributed by atoms with Crippen LogP contribution in [-0.4, -0.2) is 47.9 Å². The maximum atomic E-state index is 11.8. The highest BCUT2D eigenvalue weighted by Crippen LogP contribution is 2.22. The summed E-state index contributed by atoms with van der Waals surface area (Å²) < 4.78 is 0. The number of hydrogen-bond donors (Lipinski definition) is 2. The Morgan fingerprint density at radius 1 is 1.24 bits per heavy atom. The number of nitrogen functional groups attached to an aromatic ring is 1. The van der Waals surface area contributed by atoms with Crippen LogP contribution in [0.25, 0.3) is 0 Å². The minimum absolute atomic E-state index is 0.208. The van der Waals surface area contributed by atoms with Gasteiger partial charge in [-0.25, -0.2) is 5.84 Å². The van der Waals surface area contributed by atoms with Crippen LogP contribution in [0.15, 0.2) is 24.3 Å². The molecule has 1 unspecified atom stereocenters. The molecule has 5 heteroatoms. The van der Waals surface area contributed by atoms with Crippen molar-refractivity contribution in [3.05, 3.63) is 35.4 Å². The fourth-order valence-corrected chi connectivity index (χ4v) is 3.56. The molecule has 0 bridgehead atoms. The maximum Gasteiger partial charge on any atom is 0.265 e. The summed E-state index contributed by atoms with van der Waals surface area (Å²) in [7, 11) is 0. The van der Waals surface area contributed by atoms with Crippen molar-refractivity contribution in [2.75, 3.05) is 26.2 Å². The van der Waals surface area contributed by atoms with Crippen molar-refractivity contribution >= 4 is 5.91 Å². The molecule has 3 N–H and O–H groups in total. The topological polar surface area (TPSA) is 61.6 Å². The summed E-state index contributed by atoms with van der Waals surface area (Å²) in [6.45, 7) is 5.56. The molecule has 2 aliphatic rings. The van der Waals surface area contributed by atoms with E-state index in [9.17, 15) is 4.79 Å². The monoisotopic (exact) mass is 288 g/mol. The molecular weight excluding hydrogens is 264 g/mol. The van der Waals surface area contributed by atoms with E-state index in [1.165, 1.54) is 32.4 Å². The minimum atomic E-state index is -0.208. The Balaban J connectivity index is 1.63. The summed E-state index contributed by atoms with van der Waals surface area (Å²) in [5, 5.41) is 0. The number of nitrogens with two attached hydrogens (primary N) is 1. The van der Waals surface area contributed by atoms with Crippen LogP contribution < -0.4 is 11.3 Å². The van der Waals surface area contributed by atoms with Crippen molar-refractivity contribution in [2.45, 2.75) is 31.8 Å². The number of hydrazine groups is 1. The normalized spacial score (nSPS) is 23.6. The molecule has 1 aromatic rings. The second-order valence-corrected chi connectivity index (χ2v) is 6.05. The SMILES string of the molecule is NNC(=O)c1ccccc1CN1CCC(N2CCCC2)C1. The molecule has 0 radical (unpaired) electrons. The van der Waals surface area contributed by atoms with E-state index in [1.54, 1.807) is 0 Å². The van der Waals surface area contributed by atoms with E-state index >= 15 is 0 Å². The van der Waals surface area contributed by atoms with Crippen LogP contribution in [0, 0.1) is 0 Å². The maximum absolute atomic E-state index is 11.8. The molecular formula is C16H24N4O. The van der Waals surface area contributed by atoms with Crippen molar-refractivity contribution in [3.8, 4) is 0 Å². The summed E-state index contributed by atoms with van der Waals surface area (Å²) in [5.74, 6) is 5.06. The van der Waals surface area contributed by atoms with Gasteiger partial charge in [0.1, 0.15) is 0 Å². The molecule has 3 rings (SSSR count). The number of carbonyl (C=O) groups excluding carboxylic acids is 1. The predicted molar refractivity (Wildman–Crippen MR) is 82.6 cm³/mol. The highest BCUT2D eigenvalue weighted by atomic mass is 16.2. The Morgan fingerprint density at radius 3 is 2.76 bits per heavy atom. The largest absolute Gasteiger partial charge is 0.299 e. The van der Waals surface area contributed by atoms with E-state index in [2.05, 4.69) is 15.2 Å². The van der Waals surface area contributed by atoms with E-state index < -0.39 is 0 Å². The van der Waals surface area contributed by atoms with Crippen molar-refractivity contribution in [3.63, 3.8) is 0 Å². The molecule has 2 heterocycles. The van der Waals surface area contributed by atoms with Crippen LogP contribution in [0.5, 0.6) is 0 Å². The Hall–Kier alpha value is -1.43. The zero-order chi connectivity index (χ0) is 14.7. The van der Waals surface area contributed by atoms with Gasteiger partial charge in [0.2, 0.25) is 0 Å². The van der Waals surface area contributed by atoms with E-state index in [-0.39, 0.29) is 5.91 Å². The molecule has 5 nitrogen and oxygen atoms in total. The number of hydrogen-bond acceptors (Lipinski definition) is 4. The smallest absolute Gasteiger partial charge is 0.265 e. The minimum Gasteiger partial charge on any atom is -0.299 e. The molecule has 0 spiro atoms. The Labute approximate surface area is 126 Å². The Kier molecular flexibility index (Phi) is 4.53. The number of rotatable bonds is 4. The van der Waals surface area contributed by atoms with Gasteiger partial charge in [-0.2, -0.15) is 0 Å². The van der Waals surface area contributed by atoms with Gasteiger partial charge in [0.25, 0.3) is 5.91 Å². The van der Waals surface area contributed by atoms with Gasteiger partial charge in [0, 0.05) is 31.2 Å². The Morgan fingerprint density at radius 2 is 2.00 bits per heavy atom. The highest BCUT2D eigenvalue weighted by Gasteiger charge is 2.29. The van der Waals surface area contributed by atoms with Crippen molar-refractivity contribution < 1.29 is 4.79 Å². The lowest BCUT2D eigenvalue weighted by atomic mass is 10.1. The molecule has 114 valence electrons. The van der Waals surface area contributed by atoms with E-state index in [0.29, 0.717) is 11.6 Å². The van der Waals surface area contributed by atoms with E-state index in [4.69, 9.17) is 5.84 Å². The van der Waals surface area contributed by atoms with Crippen molar-refractivity contribution in [2.24, 2.45) is 5.84 Å². The zero-order valence-corrected chi connectivity index (χ0v) is 12.4. The first-order valence-electron chi connectivity index (χ1n) is 7.83. The van der Waals surface area contributed by atoms with Gasteiger partial charge in [-0.1, -0.05) is 18.2 Å². The summed E-state index contributed by atoms with van der Waals surface area (Å²) >= 11 is 0. The van der Waals surface area contributed by atoms with Crippen LogP contribution in [0.4, 0.5) is 0 Å². The number of benzene rings is 1. The third kappa shape index (κ3) is 3.26. The molecule has 21 heavy (non-hydrogen) atoms. The molecule has 1 atom stereocenters. The molecule has 2 saturated heterocycles.